The predicted octanol–water partition coefficient (Wildman–Crippen LogP) is 1.48. The molecule has 4 heterocycles. The standard InChI is InChI=1S/C18H22N6O/c1-13-21-15(16-5-2-3-9-24(13)16)11-23-10-6-14(17(25)12-23)22-18-19-7-4-8-20-18/h2-5,7-9,14,17,25H,6,10-12H2,1H3,(H,19,20,22)/t14-,17-/m1/s1. The van der Waals surface area contributed by atoms with Gasteiger partial charge in [-0.2, -0.15) is 0 Å². The number of pyridine rings is 1. The van der Waals surface area contributed by atoms with E-state index < -0.39 is 6.10 Å². The van der Waals surface area contributed by atoms with E-state index in [1.165, 1.54) is 0 Å². The maximum atomic E-state index is 10.5. The zero-order valence-electron chi connectivity index (χ0n) is 14.2. The van der Waals surface area contributed by atoms with Crippen molar-refractivity contribution >= 4 is 11.5 Å². The van der Waals surface area contributed by atoms with Gasteiger partial charge in [0.2, 0.25) is 5.95 Å². The first kappa shape index (κ1) is 16.0. The van der Waals surface area contributed by atoms with Crippen LogP contribution in [-0.4, -0.2) is 54.6 Å². The summed E-state index contributed by atoms with van der Waals surface area (Å²) < 4.78 is 2.10. The second-order valence-electron chi connectivity index (χ2n) is 6.48. The van der Waals surface area contributed by atoms with Gasteiger partial charge in [-0.25, -0.2) is 15.0 Å². The Morgan fingerprint density at radius 2 is 2.08 bits per heavy atom. The Balaban J connectivity index is 1.42. The Hall–Kier alpha value is -2.51. The van der Waals surface area contributed by atoms with Crippen LogP contribution in [-0.2, 0) is 6.54 Å². The van der Waals surface area contributed by atoms with Crippen molar-refractivity contribution in [3.05, 3.63) is 54.4 Å². The van der Waals surface area contributed by atoms with E-state index in [1.807, 2.05) is 25.3 Å². The summed E-state index contributed by atoms with van der Waals surface area (Å²) >= 11 is 0. The molecule has 3 aromatic rings. The molecule has 4 rings (SSSR count). The first-order chi connectivity index (χ1) is 12.2. The molecule has 7 nitrogen and oxygen atoms in total. The van der Waals surface area contributed by atoms with Crippen molar-refractivity contribution in [2.24, 2.45) is 0 Å². The van der Waals surface area contributed by atoms with Gasteiger partial charge in [0.25, 0.3) is 0 Å². The Morgan fingerprint density at radius 3 is 2.88 bits per heavy atom. The monoisotopic (exact) mass is 338 g/mol. The number of nitrogens with zero attached hydrogens (tertiary/aromatic N) is 5. The van der Waals surface area contributed by atoms with Gasteiger partial charge < -0.3 is 14.8 Å². The topological polar surface area (TPSA) is 78.6 Å². The van der Waals surface area contributed by atoms with Crippen LogP contribution in [0.5, 0.6) is 0 Å². The number of likely N-dealkylation sites (tertiary alicyclic amines) is 1. The summed E-state index contributed by atoms with van der Waals surface area (Å²) in [6, 6.07) is 7.89. The molecule has 1 fully saturated rings. The van der Waals surface area contributed by atoms with Gasteiger partial charge in [-0.15, -0.1) is 0 Å². The van der Waals surface area contributed by atoms with Crippen LogP contribution in [0.4, 0.5) is 5.95 Å². The fraction of sp³-hybridized carbons (Fsp3) is 0.389. The number of aryl methyl sites for hydroxylation is 1. The number of imidazole rings is 1. The first-order valence-electron chi connectivity index (χ1n) is 8.57. The number of hydrogen-bond donors (Lipinski definition) is 2. The summed E-state index contributed by atoms with van der Waals surface area (Å²) in [5.41, 5.74) is 2.19. The number of aliphatic hydroxyl groups is 1. The largest absolute Gasteiger partial charge is 0.390 e. The van der Waals surface area contributed by atoms with Crippen LogP contribution in [0.15, 0.2) is 42.9 Å². The van der Waals surface area contributed by atoms with Crippen LogP contribution in [0.25, 0.3) is 5.52 Å². The summed E-state index contributed by atoms with van der Waals surface area (Å²) in [6.45, 7) is 4.26. The van der Waals surface area contributed by atoms with Crippen molar-refractivity contribution in [3.8, 4) is 0 Å². The van der Waals surface area contributed by atoms with Gasteiger partial charge in [0.15, 0.2) is 0 Å². The van der Waals surface area contributed by atoms with Gasteiger partial charge in [-0.1, -0.05) is 6.07 Å². The third-order valence-electron chi connectivity index (χ3n) is 4.72. The number of anilines is 1. The highest BCUT2D eigenvalue weighted by Crippen LogP contribution is 2.19. The van der Waals surface area contributed by atoms with Gasteiger partial charge in [0.05, 0.1) is 23.4 Å². The highest BCUT2D eigenvalue weighted by Gasteiger charge is 2.28. The summed E-state index contributed by atoms with van der Waals surface area (Å²) in [5, 5.41) is 13.7. The molecule has 0 bridgehead atoms. The van der Waals surface area contributed by atoms with Crippen LogP contribution < -0.4 is 5.32 Å². The minimum Gasteiger partial charge on any atom is -0.390 e. The number of fused-ring (bicyclic) bond motifs is 1. The van der Waals surface area contributed by atoms with Gasteiger partial charge >= 0.3 is 0 Å². The average molecular weight is 338 g/mol. The molecule has 2 N–H and O–H groups in total. The molecular weight excluding hydrogens is 316 g/mol. The van der Waals surface area contributed by atoms with Crippen molar-refractivity contribution in [3.63, 3.8) is 0 Å². The van der Waals surface area contributed by atoms with E-state index in [4.69, 9.17) is 4.98 Å². The van der Waals surface area contributed by atoms with Crippen molar-refractivity contribution in [1.82, 2.24) is 24.3 Å². The van der Waals surface area contributed by atoms with Crippen LogP contribution >= 0.6 is 0 Å². The minimum absolute atomic E-state index is 0.0286. The van der Waals surface area contributed by atoms with E-state index in [9.17, 15) is 5.11 Å². The van der Waals surface area contributed by atoms with Gasteiger partial charge in [0, 0.05) is 38.2 Å². The minimum atomic E-state index is -0.465. The van der Waals surface area contributed by atoms with Crippen molar-refractivity contribution in [2.45, 2.75) is 32.0 Å². The lowest BCUT2D eigenvalue weighted by molar-refractivity contribution is 0.0556. The normalized spacial score (nSPS) is 21.5. The van der Waals surface area contributed by atoms with E-state index in [0.717, 1.165) is 36.5 Å². The molecule has 0 amide bonds. The van der Waals surface area contributed by atoms with E-state index in [1.54, 1.807) is 18.5 Å². The maximum absolute atomic E-state index is 10.5. The molecular formula is C18H22N6O. The zero-order valence-corrected chi connectivity index (χ0v) is 14.2. The number of hydrogen-bond acceptors (Lipinski definition) is 6. The van der Waals surface area contributed by atoms with Crippen molar-refractivity contribution in [2.75, 3.05) is 18.4 Å². The Kier molecular flexibility index (Phi) is 4.33. The van der Waals surface area contributed by atoms with Crippen LogP contribution in [0.2, 0.25) is 0 Å². The molecule has 0 spiro atoms. The van der Waals surface area contributed by atoms with E-state index in [2.05, 4.69) is 30.7 Å². The first-order valence-corrected chi connectivity index (χ1v) is 8.57. The van der Waals surface area contributed by atoms with Gasteiger partial charge in [0.1, 0.15) is 5.82 Å². The van der Waals surface area contributed by atoms with Gasteiger partial charge in [-0.3, -0.25) is 4.90 Å². The molecule has 1 saturated heterocycles. The molecule has 25 heavy (non-hydrogen) atoms. The molecule has 0 unspecified atom stereocenters. The SMILES string of the molecule is Cc1nc(CN2CC[C@@H](Nc3ncccn3)[C@H](O)C2)c2ccccn12. The molecule has 7 heteroatoms. The number of aromatic nitrogens is 4. The van der Waals surface area contributed by atoms with E-state index in [-0.39, 0.29) is 6.04 Å². The summed E-state index contributed by atoms with van der Waals surface area (Å²) in [4.78, 5) is 15.3. The number of aliphatic hydroxyl groups excluding tert-OH is 1. The number of nitrogens with one attached hydrogen (secondary N) is 1. The van der Waals surface area contributed by atoms with E-state index >= 15 is 0 Å². The number of piperidine rings is 1. The predicted molar refractivity (Wildman–Crippen MR) is 95.3 cm³/mol. The maximum Gasteiger partial charge on any atom is 0.222 e. The van der Waals surface area contributed by atoms with Crippen LogP contribution in [0.1, 0.15) is 17.9 Å². The smallest absolute Gasteiger partial charge is 0.222 e. The molecule has 130 valence electrons. The molecule has 3 aromatic heterocycles. The molecule has 0 aliphatic carbocycles. The third kappa shape index (κ3) is 3.33. The Bertz CT molecular complexity index is 849. The lowest BCUT2D eigenvalue weighted by atomic mass is 10.0. The third-order valence-corrected chi connectivity index (χ3v) is 4.72. The fourth-order valence-electron chi connectivity index (χ4n) is 3.44. The second-order valence-corrected chi connectivity index (χ2v) is 6.48. The average Bonchev–Trinajstić information content (AvgIpc) is 2.95. The molecule has 0 aromatic carbocycles. The number of β-amino-alcohol motifs (C(OH)–C–C–N with tert-alkyl or cyclic N) is 1. The lowest BCUT2D eigenvalue weighted by Gasteiger charge is -2.35. The Morgan fingerprint density at radius 1 is 1.24 bits per heavy atom. The van der Waals surface area contributed by atoms with E-state index in [0.29, 0.717) is 12.5 Å². The summed E-state index contributed by atoms with van der Waals surface area (Å²) in [5.74, 6) is 1.56. The molecule has 1 aliphatic heterocycles. The van der Waals surface area contributed by atoms with Crippen molar-refractivity contribution in [1.29, 1.82) is 0 Å². The summed E-state index contributed by atoms with van der Waals surface area (Å²) in [6.07, 6.45) is 5.80. The second kappa shape index (κ2) is 6.78. The Labute approximate surface area is 146 Å². The van der Waals surface area contributed by atoms with Gasteiger partial charge in [-0.05, 0) is 31.5 Å². The molecule has 2 atom stereocenters. The molecule has 0 saturated carbocycles. The quantitative estimate of drug-likeness (QED) is 0.750. The highest BCUT2D eigenvalue weighted by molar-refractivity contribution is 5.53. The highest BCUT2D eigenvalue weighted by atomic mass is 16.3. The zero-order chi connectivity index (χ0) is 17.2. The van der Waals surface area contributed by atoms with Crippen molar-refractivity contribution < 1.29 is 5.11 Å². The number of rotatable bonds is 4. The van der Waals surface area contributed by atoms with Crippen LogP contribution in [0.3, 0.4) is 0 Å². The van der Waals surface area contributed by atoms with Crippen LogP contribution in [0, 0.1) is 6.92 Å². The molecule has 1 aliphatic rings. The lowest BCUT2D eigenvalue weighted by Crippen LogP contribution is -2.49. The fourth-order valence-corrected chi connectivity index (χ4v) is 3.44. The summed E-state index contributed by atoms with van der Waals surface area (Å²) in [7, 11) is 0. The molecule has 0 radical (unpaired) electrons.